The number of hydrogen-bond donors (Lipinski definition) is 1. The maximum Gasteiger partial charge on any atom is 0.261 e. The first-order valence-electron chi connectivity index (χ1n) is 12.8. The van der Waals surface area contributed by atoms with Gasteiger partial charge in [-0.15, -0.1) is 0 Å². The second kappa shape index (κ2) is 12.5. The summed E-state index contributed by atoms with van der Waals surface area (Å²) in [5.41, 5.74) is 2.97. The first-order chi connectivity index (χ1) is 18.0. The van der Waals surface area contributed by atoms with E-state index in [0.717, 1.165) is 48.9 Å². The number of fused-ring (bicyclic) bond motifs is 1. The van der Waals surface area contributed by atoms with Gasteiger partial charge in [0, 0.05) is 32.2 Å². The largest absolute Gasteiger partial charge is 0.483 e. The molecule has 37 heavy (non-hydrogen) atoms. The van der Waals surface area contributed by atoms with Crippen molar-refractivity contribution in [3.63, 3.8) is 0 Å². The van der Waals surface area contributed by atoms with Crippen molar-refractivity contribution >= 4 is 17.5 Å². The molecule has 0 radical (unpaired) electrons. The number of nitrogens with zero attached hydrogens (tertiary/aromatic N) is 4. The van der Waals surface area contributed by atoms with E-state index in [1.165, 1.54) is 0 Å². The highest BCUT2D eigenvalue weighted by atomic mass is 16.5. The number of carbonyl (C=O) groups excluding carboxylic acids is 2. The zero-order valence-corrected chi connectivity index (χ0v) is 21.5. The molecular formula is C28H34N4O5. The van der Waals surface area contributed by atoms with Crippen LogP contribution in [0.2, 0.25) is 0 Å². The van der Waals surface area contributed by atoms with Crippen molar-refractivity contribution in [2.24, 2.45) is 0 Å². The molecule has 2 heterocycles. The van der Waals surface area contributed by atoms with Crippen LogP contribution >= 0.6 is 0 Å². The van der Waals surface area contributed by atoms with E-state index in [4.69, 9.17) is 9.26 Å². The van der Waals surface area contributed by atoms with Gasteiger partial charge in [-0.2, -0.15) is 4.98 Å². The Hall–Kier alpha value is -3.72. The quantitative estimate of drug-likeness (QED) is 0.551. The fourth-order valence-electron chi connectivity index (χ4n) is 4.55. The number of aryl methyl sites for hydroxylation is 1. The lowest BCUT2D eigenvalue weighted by Gasteiger charge is -2.29. The molecule has 0 fully saturated rings. The third kappa shape index (κ3) is 6.74. The minimum Gasteiger partial charge on any atom is -0.483 e. The van der Waals surface area contributed by atoms with Crippen LogP contribution in [-0.2, 0) is 22.7 Å². The second-order valence-electron chi connectivity index (χ2n) is 9.31. The molecule has 2 amide bonds. The Morgan fingerprint density at radius 1 is 1.05 bits per heavy atom. The van der Waals surface area contributed by atoms with Crippen molar-refractivity contribution in [3.8, 4) is 17.2 Å². The number of aliphatic hydroxyl groups is 1. The molecule has 1 aliphatic heterocycles. The molecular weight excluding hydrogens is 472 g/mol. The van der Waals surface area contributed by atoms with Gasteiger partial charge in [-0.3, -0.25) is 9.59 Å². The average molecular weight is 507 g/mol. The summed E-state index contributed by atoms with van der Waals surface area (Å²) in [6, 6.07) is 12.8. The fraction of sp³-hybridized carbons (Fsp3) is 0.429. The Morgan fingerprint density at radius 3 is 2.54 bits per heavy atom. The molecule has 0 bridgehead atoms. The SMILES string of the molecule is CC(=O)N1CCCCCCCN(C(=O)COc2ccccc2-c2nc(C)no2)Cc2ccc(CO)cc21. The number of anilines is 1. The number of benzene rings is 2. The van der Waals surface area contributed by atoms with Crippen LogP contribution in [0.5, 0.6) is 5.75 Å². The van der Waals surface area contributed by atoms with Crippen LogP contribution in [-0.4, -0.2) is 51.7 Å². The monoisotopic (exact) mass is 506 g/mol. The molecule has 0 unspecified atom stereocenters. The molecule has 9 nitrogen and oxygen atoms in total. The third-order valence-electron chi connectivity index (χ3n) is 6.52. The predicted octanol–water partition coefficient (Wildman–Crippen LogP) is 4.26. The van der Waals surface area contributed by atoms with Gasteiger partial charge in [0.15, 0.2) is 12.4 Å². The number of aliphatic hydroxyl groups excluding tert-OH is 1. The van der Waals surface area contributed by atoms with Crippen LogP contribution in [0.15, 0.2) is 47.0 Å². The van der Waals surface area contributed by atoms with E-state index in [-0.39, 0.29) is 25.0 Å². The smallest absolute Gasteiger partial charge is 0.261 e. The molecule has 0 aliphatic carbocycles. The van der Waals surface area contributed by atoms with Crippen LogP contribution in [0, 0.1) is 6.92 Å². The molecule has 9 heteroatoms. The third-order valence-corrected chi connectivity index (χ3v) is 6.52. The molecule has 0 atom stereocenters. The van der Waals surface area contributed by atoms with Gasteiger partial charge in [0.25, 0.3) is 11.8 Å². The van der Waals surface area contributed by atoms with Gasteiger partial charge in [-0.25, -0.2) is 0 Å². The van der Waals surface area contributed by atoms with Crippen molar-refractivity contribution in [2.45, 2.75) is 59.1 Å². The maximum absolute atomic E-state index is 13.4. The number of para-hydroxylation sites is 1. The standard InChI is InChI=1S/C28H34N4O5/c1-20-29-28(37-30-20)24-10-6-7-11-26(24)36-19-27(35)31-14-8-4-3-5-9-15-32(21(2)34)25-16-22(18-33)12-13-23(25)17-31/h6-7,10-13,16,33H,3-5,8-9,14-15,17-19H2,1-2H3. The first kappa shape index (κ1) is 26.3. The Kier molecular flexibility index (Phi) is 8.90. The Bertz CT molecular complexity index is 1220. The highest BCUT2D eigenvalue weighted by Crippen LogP contribution is 2.29. The van der Waals surface area contributed by atoms with E-state index in [2.05, 4.69) is 10.1 Å². The lowest BCUT2D eigenvalue weighted by Crippen LogP contribution is -2.37. The number of aromatic nitrogens is 2. The molecule has 0 spiro atoms. The van der Waals surface area contributed by atoms with Gasteiger partial charge in [0.2, 0.25) is 5.91 Å². The van der Waals surface area contributed by atoms with Crippen LogP contribution in [0.25, 0.3) is 11.5 Å². The van der Waals surface area contributed by atoms with Gasteiger partial charge in [-0.1, -0.05) is 48.7 Å². The van der Waals surface area contributed by atoms with Crippen LogP contribution in [0.1, 0.15) is 56.0 Å². The van der Waals surface area contributed by atoms with E-state index in [0.29, 0.717) is 42.7 Å². The minimum absolute atomic E-state index is 0.0533. The van der Waals surface area contributed by atoms with Gasteiger partial charge in [0.05, 0.1) is 12.2 Å². The Morgan fingerprint density at radius 2 is 1.81 bits per heavy atom. The summed E-state index contributed by atoms with van der Waals surface area (Å²) in [6.45, 7) is 4.58. The van der Waals surface area contributed by atoms with Crippen molar-refractivity contribution < 1.29 is 24.0 Å². The van der Waals surface area contributed by atoms with Gasteiger partial charge in [0.1, 0.15) is 5.75 Å². The average Bonchev–Trinajstić information content (AvgIpc) is 3.33. The highest BCUT2D eigenvalue weighted by Gasteiger charge is 2.22. The lowest BCUT2D eigenvalue weighted by atomic mass is 10.0. The molecule has 1 N–H and O–H groups in total. The van der Waals surface area contributed by atoms with Crippen LogP contribution in [0.3, 0.4) is 0 Å². The molecule has 3 aromatic rings. The lowest BCUT2D eigenvalue weighted by molar-refractivity contribution is -0.134. The summed E-state index contributed by atoms with van der Waals surface area (Å²) >= 11 is 0. The first-order valence-corrected chi connectivity index (χ1v) is 12.8. The van der Waals surface area contributed by atoms with Crippen molar-refractivity contribution in [1.82, 2.24) is 15.0 Å². The van der Waals surface area contributed by atoms with Crippen molar-refractivity contribution in [1.29, 1.82) is 0 Å². The fourth-order valence-corrected chi connectivity index (χ4v) is 4.55. The van der Waals surface area contributed by atoms with Crippen molar-refractivity contribution in [2.75, 3.05) is 24.6 Å². The molecule has 1 aliphatic rings. The van der Waals surface area contributed by atoms with E-state index >= 15 is 0 Å². The number of amides is 2. The van der Waals surface area contributed by atoms with Crippen LogP contribution in [0.4, 0.5) is 5.69 Å². The summed E-state index contributed by atoms with van der Waals surface area (Å²) < 4.78 is 11.2. The Balaban J connectivity index is 1.56. The zero-order chi connectivity index (χ0) is 26.2. The summed E-state index contributed by atoms with van der Waals surface area (Å²) in [7, 11) is 0. The normalized spacial score (nSPS) is 14.9. The number of hydrogen-bond acceptors (Lipinski definition) is 7. The van der Waals surface area contributed by atoms with Gasteiger partial charge >= 0.3 is 0 Å². The number of rotatable bonds is 5. The van der Waals surface area contributed by atoms with E-state index in [1.807, 2.05) is 36.4 Å². The molecule has 196 valence electrons. The summed E-state index contributed by atoms with van der Waals surface area (Å²) in [5.74, 6) is 1.14. The molecule has 0 saturated carbocycles. The molecule has 4 rings (SSSR count). The molecule has 0 saturated heterocycles. The van der Waals surface area contributed by atoms with E-state index < -0.39 is 0 Å². The van der Waals surface area contributed by atoms with Gasteiger partial charge < -0.3 is 24.2 Å². The topological polar surface area (TPSA) is 109 Å². The summed E-state index contributed by atoms with van der Waals surface area (Å²) in [5, 5.41) is 13.5. The highest BCUT2D eigenvalue weighted by molar-refractivity contribution is 5.92. The molecule has 1 aromatic heterocycles. The predicted molar refractivity (Wildman–Crippen MR) is 139 cm³/mol. The number of ether oxygens (including phenoxy) is 1. The maximum atomic E-state index is 13.4. The summed E-state index contributed by atoms with van der Waals surface area (Å²) in [6.07, 6.45) is 4.88. The van der Waals surface area contributed by atoms with E-state index in [1.54, 1.807) is 29.7 Å². The number of carbonyl (C=O) groups is 2. The molecule has 2 aromatic carbocycles. The minimum atomic E-state index is -0.153. The van der Waals surface area contributed by atoms with Gasteiger partial charge in [-0.05, 0) is 49.1 Å². The van der Waals surface area contributed by atoms with E-state index in [9.17, 15) is 14.7 Å². The summed E-state index contributed by atoms with van der Waals surface area (Å²) in [4.78, 5) is 33.8. The Labute approximate surface area is 217 Å². The van der Waals surface area contributed by atoms with Crippen molar-refractivity contribution in [3.05, 3.63) is 59.4 Å². The van der Waals surface area contributed by atoms with Crippen LogP contribution < -0.4 is 9.64 Å². The zero-order valence-electron chi connectivity index (χ0n) is 21.5. The second-order valence-corrected chi connectivity index (χ2v) is 9.31.